The van der Waals surface area contributed by atoms with Crippen LogP contribution in [0, 0.1) is 6.92 Å². The third-order valence-corrected chi connectivity index (χ3v) is 2.28. The number of hydrogen-bond donors (Lipinski definition) is 1. The zero-order chi connectivity index (χ0) is 13.7. The molecular weight excluding hydrogens is 228 g/mol. The Morgan fingerprint density at radius 2 is 2.06 bits per heavy atom. The smallest absolute Gasteiger partial charge is 0.260 e. The third-order valence-electron chi connectivity index (χ3n) is 2.28. The molecule has 0 atom stereocenters. The molecule has 0 aliphatic rings. The topological polar surface area (TPSA) is 72.5 Å². The number of carbonyl (C=O) groups excluding carboxylic acids is 2. The van der Waals surface area contributed by atoms with Gasteiger partial charge in [0.05, 0.1) is 11.4 Å². The molecule has 1 aromatic carbocycles. The molecule has 0 bridgehead atoms. The predicted molar refractivity (Wildman–Crippen MR) is 70.8 cm³/mol. The van der Waals surface area contributed by atoms with Gasteiger partial charge in [-0.25, -0.2) is 4.99 Å². The van der Waals surface area contributed by atoms with E-state index in [4.69, 9.17) is 5.73 Å². The first-order valence-electron chi connectivity index (χ1n) is 5.32. The average Bonchev–Trinajstić information content (AvgIpc) is 2.29. The summed E-state index contributed by atoms with van der Waals surface area (Å²) in [6.07, 6.45) is 0. The van der Waals surface area contributed by atoms with Crippen molar-refractivity contribution in [2.45, 2.75) is 13.8 Å². The summed E-state index contributed by atoms with van der Waals surface area (Å²) in [5.74, 6) is -1.41. The number of aliphatic imine (C=N–C) groups is 1. The molecule has 0 spiro atoms. The second-order valence-electron chi connectivity index (χ2n) is 3.78. The maximum absolute atomic E-state index is 11.8. The van der Waals surface area contributed by atoms with Crippen molar-refractivity contribution in [2.24, 2.45) is 10.7 Å². The van der Waals surface area contributed by atoms with E-state index in [9.17, 15) is 9.59 Å². The minimum absolute atomic E-state index is 0.172. The highest BCUT2D eigenvalue weighted by Gasteiger charge is 2.17. The van der Waals surface area contributed by atoms with Crippen LogP contribution in [0.4, 0.5) is 5.69 Å². The number of amides is 1. The Morgan fingerprint density at radius 1 is 1.39 bits per heavy atom. The molecule has 1 aromatic rings. The highest BCUT2D eigenvalue weighted by Crippen LogP contribution is 2.14. The first-order chi connectivity index (χ1) is 8.45. The summed E-state index contributed by atoms with van der Waals surface area (Å²) in [6.45, 7) is 6.71. The Labute approximate surface area is 106 Å². The van der Waals surface area contributed by atoms with Crippen LogP contribution in [-0.2, 0) is 9.59 Å². The van der Waals surface area contributed by atoms with Gasteiger partial charge in [0.25, 0.3) is 5.91 Å². The fourth-order valence-electron chi connectivity index (χ4n) is 1.40. The van der Waals surface area contributed by atoms with Gasteiger partial charge in [-0.1, -0.05) is 18.7 Å². The van der Waals surface area contributed by atoms with Crippen LogP contribution in [0.2, 0.25) is 0 Å². The fraction of sp³-hybridized carbons (Fsp3) is 0.143. The summed E-state index contributed by atoms with van der Waals surface area (Å²) in [6, 6.07) is 7.36. The first-order valence-corrected chi connectivity index (χ1v) is 5.32. The quantitative estimate of drug-likeness (QED) is 0.288. The van der Waals surface area contributed by atoms with Crippen molar-refractivity contribution >= 4 is 23.1 Å². The van der Waals surface area contributed by atoms with E-state index in [1.54, 1.807) is 6.07 Å². The Kier molecular flexibility index (Phi) is 4.35. The maximum atomic E-state index is 11.8. The summed E-state index contributed by atoms with van der Waals surface area (Å²) < 4.78 is 0. The van der Waals surface area contributed by atoms with E-state index < -0.39 is 11.7 Å². The van der Waals surface area contributed by atoms with Gasteiger partial charge in [0.2, 0.25) is 5.78 Å². The van der Waals surface area contributed by atoms with Crippen LogP contribution < -0.4 is 5.73 Å². The summed E-state index contributed by atoms with van der Waals surface area (Å²) >= 11 is 0. The van der Waals surface area contributed by atoms with Gasteiger partial charge in [-0.2, -0.15) is 0 Å². The Morgan fingerprint density at radius 3 is 2.56 bits per heavy atom. The lowest BCUT2D eigenvalue weighted by Gasteiger charge is -2.01. The van der Waals surface area contributed by atoms with Gasteiger partial charge < -0.3 is 5.73 Å². The molecule has 0 saturated heterocycles. The second-order valence-corrected chi connectivity index (χ2v) is 3.78. The Bertz CT molecular complexity index is 579. The largest absolute Gasteiger partial charge is 0.365 e. The van der Waals surface area contributed by atoms with E-state index in [-0.39, 0.29) is 11.3 Å². The SMILES string of the molecule is C=C=C(C(N)=O)C(=O)C(C)=Nc1cccc(C)c1. The van der Waals surface area contributed by atoms with Crippen molar-refractivity contribution in [2.75, 3.05) is 0 Å². The summed E-state index contributed by atoms with van der Waals surface area (Å²) in [5, 5.41) is 0. The van der Waals surface area contributed by atoms with Gasteiger partial charge >= 0.3 is 0 Å². The number of Topliss-reactive ketones (excluding diaryl/α,β-unsaturated/α-hetero) is 1. The molecule has 1 rings (SSSR count). The molecule has 0 heterocycles. The van der Waals surface area contributed by atoms with Crippen molar-refractivity contribution in [3.05, 3.63) is 47.7 Å². The molecule has 18 heavy (non-hydrogen) atoms. The van der Waals surface area contributed by atoms with Crippen LogP contribution in [0.3, 0.4) is 0 Å². The van der Waals surface area contributed by atoms with Gasteiger partial charge in [0, 0.05) is 0 Å². The molecular formula is C14H14N2O2. The van der Waals surface area contributed by atoms with Gasteiger partial charge in [-0.15, -0.1) is 5.73 Å². The number of ketones is 1. The lowest BCUT2D eigenvalue weighted by molar-refractivity contribution is -0.118. The van der Waals surface area contributed by atoms with Crippen LogP contribution >= 0.6 is 0 Å². The van der Waals surface area contributed by atoms with Gasteiger partial charge in [-0.3, -0.25) is 9.59 Å². The third kappa shape index (κ3) is 3.27. The molecule has 1 amide bonds. The van der Waals surface area contributed by atoms with Crippen molar-refractivity contribution in [3.8, 4) is 0 Å². The zero-order valence-electron chi connectivity index (χ0n) is 10.4. The Balaban J connectivity index is 3.08. The highest BCUT2D eigenvalue weighted by molar-refractivity contribution is 6.50. The van der Waals surface area contributed by atoms with E-state index in [1.807, 2.05) is 25.1 Å². The van der Waals surface area contributed by atoms with Crippen LogP contribution in [-0.4, -0.2) is 17.4 Å². The normalized spacial score (nSPS) is 10.7. The highest BCUT2D eigenvalue weighted by atomic mass is 16.2. The van der Waals surface area contributed by atoms with Crippen molar-refractivity contribution in [1.82, 2.24) is 0 Å². The molecule has 0 aromatic heterocycles. The van der Waals surface area contributed by atoms with Crippen LogP contribution in [0.1, 0.15) is 12.5 Å². The minimum Gasteiger partial charge on any atom is -0.365 e. The maximum Gasteiger partial charge on any atom is 0.260 e. The monoisotopic (exact) mass is 242 g/mol. The minimum atomic E-state index is -0.853. The van der Waals surface area contributed by atoms with E-state index in [2.05, 4.69) is 17.3 Å². The molecule has 0 saturated carbocycles. The van der Waals surface area contributed by atoms with Crippen molar-refractivity contribution < 1.29 is 9.59 Å². The van der Waals surface area contributed by atoms with Crippen LogP contribution in [0.5, 0.6) is 0 Å². The number of nitrogens with zero attached hydrogens (tertiary/aromatic N) is 1. The second kappa shape index (κ2) is 5.75. The number of aryl methyl sites for hydroxylation is 1. The summed E-state index contributed by atoms with van der Waals surface area (Å²) in [4.78, 5) is 27.0. The molecule has 4 nitrogen and oxygen atoms in total. The van der Waals surface area contributed by atoms with Gasteiger partial charge in [0.1, 0.15) is 5.57 Å². The van der Waals surface area contributed by atoms with E-state index in [1.165, 1.54) is 6.92 Å². The zero-order valence-corrected chi connectivity index (χ0v) is 10.4. The molecule has 2 N–H and O–H groups in total. The standard InChI is InChI=1S/C14H14N2O2/c1-4-12(14(15)18)13(17)10(3)16-11-7-5-6-9(2)8-11/h5-8H,1H2,2-3H3,(H2,15,18). The number of hydrogen-bond acceptors (Lipinski definition) is 3. The van der Waals surface area contributed by atoms with E-state index in [0.717, 1.165) is 5.56 Å². The molecule has 0 radical (unpaired) electrons. The van der Waals surface area contributed by atoms with Crippen molar-refractivity contribution in [1.29, 1.82) is 0 Å². The van der Waals surface area contributed by atoms with Crippen LogP contribution in [0.15, 0.2) is 47.1 Å². The molecule has 4 heteroatoms. The first kappa shape index (κ1) is 13.6. The number of primary amides is 1. The van der Waals surface area contributed by atoms with Crippen molar-refractivity contribution in [3.63, 3.8) is 0 Å². The summed E-state index contributed by atoms with van der Waals surface area (Å²) in [7, 11) is 0. The summed E-state index contributed by atoms with van der Waals surface area (Å²) in [5.41, 5.74) is 8.87. The molecule has 92 valence electrons. The number of rotatable bonds is 4. The molecule has 0 fully saturated rings. The van der Waals surface area contributed by atoms with Crippen LogP contribution in [0.25, 0.3) is 0 Å². The average molecular weight is 242 g/mol. The molecule has 0 aliphatic carbocycles. The van der Waals surface area contributed by atoms with Gasteiger partial charge in [0.15, 0.2) is 0 Å². The fourth-order valence-corrected chi connectivity index (χ4v) is 1.40. The number of benzene rings is 1. The lowest BCUT2D eigenvalue weighted by Crippen LogP contribution is -2.24. The predicted octanol–water partition coefficient (Wildman–Crippen LogP) is 1.85. The Hall–Kier alpha value is -2.45. The molecule has 0 aliphatic heterocycles. The lowest BCUT2D eigenvalue weighted by atomic mass is 10.1. The van der Waals surface area contributed by atoms with E-state index >= 15 is 0 Å². The van der Waals surface area contributed by atoms with Gasteiger partial charge in [-0.05, 0) is 31.5 Å². The number of carbonyl (C=O) groups is 2. The van der Waals surface area contributed by atoms with E-state index in [0.29, 0.717) is 5.69 Å². The molecule has 0 unspecified atom stereocenters. The number of nitrogens with two attached hydrogens (primary N) is 1.